The normalized spacial score (nSPS) is 13.6. The molecule has 8 nitrogen and oxygen atoms in total. The Morgan fingerprint density at radius 2 is 1.50 bits per heavy atom. The van der Waals surface area contributed by atoms with Crippen LogP contribution in [0.5, 0.6) is 0 Å². The van der Waals surface area contributed by atoms with Crippen molar-refractivity contribution in [3.05, 3.63) is 64.5 Å². The summed E-state index contributed by atoms with van der Waals surface area (Å²) in [6.45, 7) is 4.26. The van der Waals surface area contributed by atoms with E-state index in [2.05, 4.69) is 34.5 Å². The van der Waals surface area contributed by atoms with Crippen molar-refractivity contribution >= 4 is 11.9 Å². The highest BCUT2D eigenvalue weighted by molar-refractivity contribution is 5.96. The third-order valence-corrected chi connectivity index (χ3v) is 5.53. The lowest BCUT2D eigenvalue weighted by molar-refractivity contribution is 0.0591. The van der Waals surface area contributed by atoms with Gasteiger partial charge in [-0.2, -0.15) is 5.21 Å². The maximum Gasteiger partial charge on any atom is 0.337 e. The van der Waals surface area contributed by atoms with Gasteiger partial charge < -0.3 is 9.47 Å². The van der Waals surface area contributed by atoms with Gasteiger partial charge in [0.15, 0.2) is 5.82 Å². The molecule has 0 bridgehead atoms. The lowest BCUT2D eigenvalue weighted by Crippen LogP contribution is -2.30. The van der Waals surface area contributed by atoms with Crippen molar-refractivity contribution in [2.24, 2.45) is 5.92 Å². The lowest BCUT2D eigenvalue weighted by Gasteiger charge is -2.30. The molecule has 8 heteroatoms. The molecule has 0 radical (unpaired) electrons. The summed E-state index contributed by atoms with van der Waals surface area (Å²) in [7, 11) is 2.70. The minimum Gasteiger partial charge on any atom is -0.465 e. The van der Waals surface area contributed by atoms with Crippen LogP contribution in [0.1, 0.15) is 57.9 Å². The number of aromatic nitrogens is 4. The van der Waals surface area contributed by atoms with Crippen LogP contribution in [0.2, 0.25) is 0 Å². The second kappa shape index (κ2) is 7.37. The first-order valence-corrected chi connectivity index (χ1v) is 9.62. The lowest BCUT2D eigenvalue weighted by atomic mass is 9.71. The number of nitrogens with one attached hydrogen (secondary N) is 1. The molecule has 0 saturated carbocycles. The number of tetrazole rings is 1. The standard InChI is InChI=1S/C22H22N4O4/c1-12(2)11-22(21-23-25-26-24-21)17-7-5-13(19(27)29-3)9-15(17)16-10-14(20(28)30-4)6-8-18(16)22/h5-10,12H,11H2,1-4H3,(H,23,24,25,26). The Balaban J connectivity index is 2.05. The number of fused-ring (bicyclic) bond motifs is 3. The SMILES string of the molecule is COC(=O)c1ccc2c(c1)-c1cc(C(=O)OC)ccc1C2(CC(C)C)c1nn[nH]n1. The number of H-pyrrole nitrogens is 1. The molecule has 0 amide bonds. The zero-order valence-corrected chi connectivity index (χ0v) is 17.2. The Morgan fingerprint density at radius 3 is 1.90 bits per heavy atom. The van der Waals surface area contributed by atoms with E-state index in [1.54, 1.807) is 24.3 Å². The quantitative estimate of drug-likeness (QED) is 0.649. The van der Waals surface area contributed by atoms with Crippen LogP contribution in [0, 0.1) is 5.92 Å². The van der Waals surface area contributed by atoms with Crippen molar-refractivity contribution < 1.29 is 19.1 Å². The fourth-order valence-corrected chi connectivity index (χ4v) is 4.42. The Morgan fingerprint density at radius 1 is 0.967 bits per heavy atom. The predicted molar refractivity (Wildman–Crippen MR) is 108 cm³/mol. The number of carbonyl (C=O) groups is 2. The molecule has 1 N–H and O–H groups in total. The van der Waals surface area contributed by atoms with Crippen molar-refractivity contribution in [2.45, 2.75) is 25.7 Å². The fourth-order valence-electron chi connectivity index (χ4n) is 4.42. The molecule has 0 spiro atoms. The monoisotopic (exact) mass is 406 g/mol. The van der Waals surface area contributed by atoms with Crippen LogP contribution in [0.15, 0.2) is 36.4 Å². The molecule has 3 aromatic rings. The van der Waals surface area contributed by atoms with Crippen LogP contribution in [-0.4, -0.2) is 46.8 Å². The number of hydrogen-bond acceptors (Lipinski definition) is 7. The maximum atomic E-state index is 12.2. The highest BCUT2D eigenvalue weighted by Gasteiger charge is 2.48. The second-order valence-electron chi connectivity index (χ2n) is 7.74. The molecule has 0 atom stereocenters. The number of methoxy groups -OCH3 is 2. The number of nitrogens with zero attached hydrogens (tertiary/aromatic N) is 3. The summed E-state index contributed by atoms with van der Waals surface area (Å²) in [4.78, 5) is 24.4. The van der Waals surface area contributed by atoms with Gasteiger partial charge in [0.1, 0.15) is 0 Å². The van der Waals surface area contributed by atoms with Gasteiger partial charge >= 0.3 is 11.9 Å². The van der Waals surface area contributed by atoms with Crippen LogP contribution in [0.25, 0.3) is 11.1 Å². The number of esters is 2. The summed E-state index contributed by atoms with van der Waals surface area (Å²) < 4.78 is 9.80. The van der Waals surface area contributed by atoms with E-state index in [4.69, 9.17) is 9.47 Å². The second-order valence-corrected chi connectivity index (χ2v) is 7.74. The smallest absolute Gasteiger partial charge is 0.337 e. The maximum absolute atomic E-state index is 12.2. The largest absolute Gasteiger partial charge is 0.465 e. The number of aromatic amines is 1. The summed E-state index contributed by atoms with van der Waals surface area (Å²) in [6, 6.07) is 10.9. The van der Waals surface area contributed by atoms with E-state index in [9.17, 15) is 9.59 Å². The van der Waals surface area contributed by atoms with E-state index in [-0.39, 0.29) is 0 Å². The number of ether oxygens (including phenoxy) is 2. The van der Waals surface area contributed by atoms with Gasteiger partial charge in [0.05, 0.1) is 30.8 Å². The van der Waals surface area contributed by atoms with Crippen molar-refractivity contribution in [3.63, 3.8) is 0 Å². The zero-order chi connectivity index (χ0) is 21.5. The first-order chi connectivity index (χ1) is 14.4. The number of hydrogen-bond donors (Lipinski definition) is 1. The fraction of sp³-hybridized carbons (Fsp3) is 0.318. The number of rotatable bonds is 5. The van der Waals surface area contributed by atoms with Crippen LogP contribution in [-0.2, 0) is 14.9 Å². The van der Waals surface area contributed by atoms with Gasteiger partial charge in [-0.05, 0) is 58.9 Å². The van der Waals surface area contributed by atoms with Crippen molar-refractivity contribution in [1.29, 1.82) is 0 Å². The summed E-state index contributed by atoms with van der Waals surface area (Å²) in [5, 5.41) is 15.0. The molecule has 154 valence electrons. The minimum absolute atomic E-state index is 0.308. The molecule has 0 unspecified atom stereocenters. The highest BCUT2D eigenvalue weighted by atomic mass is 16.5. The van der Waals surface area contributed by atoms with E-state index in [1.807, 2.05) is 12.1 Å². The van der Waals surface area contributed by atoms with Gasteiger partial charge in [-0.1, -0.05) is 31.2 Å². The number of carbonyl (C=O) groups excluding carboxylic acids is 2. The molecule has 4 rings (SSSR count). The highest BCUT2D eigenvalue weighted by Crippen LogP contribution is 2.54. The molecular formula is C22H22N4O4. The van der Waals surface area contributed by atoms with E-state index in [0.29, 0.717) is 22.9 Å². The van der Waals surface area contributed by atoms with E-state index in [1.165, 1.54) is 14.2 Å². The summed E-state index contributed by atoms with van der Waals surface area (Å²) in [6.07, 6.45) is 0.724. The molecule has 0 saturated heterocycles. The predicted octanol–water partition coefficient (Wildman–Crippen LogP) is 3.13. The molecular weight excluding hydrogens is 384 g/mol. The van der Waals surface area contributed by atoms with E-state index < -0.39 is 17.4 Å². The third kappa shape index (κ3) is 2.87. The van der Waals surface area contributed by atoms with Gasteiger partial charge in [0.25, 0.3) is 0 Å². The van der Waals surface area contributed by atoms with E-state index in [0.717, 1.165) is 28.7 Å². The molecule has 1 aliphatic carbocycles. The first kappa shape index (κ1) is 19.8. The molecule has 2 aromatic carbocycles. The Kier molecular flexibility index (Phi) is 4.85. The topological polar surface area (TPSA) is 107 Å². The molecule has 1 aromatic heterocycles. The summed E-state index contributed by atoms with van der Waals surface area (Å²) >= 11 is 0. The molecule has 0 fully saturated rings. The number of benzene rings is 2. The van der Waals surface area contributed by atoms with Gasteiger partial charge in [0, 0.05) is 0 Å². The molecule has 30 heavy (non-hydrogen) atoms. The first-order valence-electron chi connectivity index (χ1n) is 9.62. The Bertz CT molecular complexity index is 1060. The Labute approximate surface area is 173 Å². The molecule has 1 heterocycles. The zero-order valence-electron chi connectivity index (χ0n) is 17.2. The van der Waals surface area contributed by atoms with Crippen LogP contribution in [0.3, 0.4) is 0 Å². The van der Waals surface area contributed by atoms with E-state index >= 15 is 0 Å². The molecule has 0 aliphatic heterocycles. The van der Waals surface area contributed by atoms with Gasteiger partial charge in [-0.15, -0.1) is 10.2 Å². The molecule has 1 aliphatic rings. The van der Waals surface area contributed by atoms with Crippen LogP contribution in [0.4, 0.5) is 0 Å². The minimum atomic E-state index is -0.658. The average molecular weight is 406 g/mol. The van der Waals surface area contributed by atoms with Gasteiger partial charge in [-0.25, -0.2) is 9.59 Å². The third-order valence-electron chi connectivity index (χ3n) is 5.53. The Hall–Kier alpha value is -3.55. The van der Waals surface area contributed by atoms with Crippen molar-refractivity contribution in [1.82, 2.24) is 20.6 Å². The summed E-state index contributed by atoms with van der Waals surface area (Å²) in [5.41, 5.74) is 3.80. The van der Waals surface area contributed by atoms with Crippen LogP contribution >= 0.6 is 0 Å². The van der Waals surface area contributed by atoms with Crippen molar-refractivity contribution in [3.8, 4) is 11.1 Å². The van der Waals surface area contributed by atoms with Gasteiger partial charge in [-0.3, -0.25) is 0 Å². The van der Waals surface area contributed by atoms with Crippen molar-refractivity contribution in [2.75, 3.05) is 14.2 Å². The van der Waals surface area contributed by atoms with Crippen LogP contribution < -0.4 is 0 Å². The van der Waals surface area contributed by atoms with Gasteiger partial charge in [0.2, 0.25) is 0 Å². The average Bonchev–Trinajstić information content (AvgIpc) is 3.38. The summed E-state index contributed by atoms with van der Waals surface area (Å²) in [5.74, 6) is 0.00416.